The molecule has 2 heteroatoms. The molecule has 0 aromatic carbocycles. The van der Waals surface area contributed by atoms with E-state index in [1.807, 2.05) is 5.57 Å². The molecule has 0 aromatic heterocycles. The molecule has 1 heterocycles. The summed E-state index contributed by atoms with van der Waals surface area (Å²) in [5, 5.41) is 7.87. The Morgan fingerprint density at radius 3 is 2.43 bits per heavy atom. The standard InChI is InChI=1S/C54H90N2/c1-8-41(36-47-37-50(45-19-10-11-20-45)52(47)54(7,29-13-14-30-55)48-21-16-18-39(3)32-48)35-46-27-26-42-24-25-43(34-42)33-40(4)49(46)22-17-28-53(5,6)38-44(9-2)51-23-12-15-31-56-51/h9,13,29-30,33,39-42,45-50,52,55H,8,10-12,14-28,31-32,34-38H2,1-7H3/b29-13?,43-33?,44-9-,55-30?. The Hall–Kier alpha value is -1.44. The van der Waals surface area contributed by atoms with Gasteiger partial charge in [0.05, 0.1) is 0 Å². The molecule has 2 nitrogen and oxygen atoms in total. The fraction of sp³-hybridized carbons (Fsp3) is 0.852. The predicted octanol–water partition coefficient (Wildman–Crippen LogP) is 16.2. The highest BCUT2D eigenvalue weighted by molar-refractivity contribution is 6.00. The molecule has 2 bridgehead atoms. The van der Waals surface area contributed by atoms with E-state index in [0.29, 0.717) is 11.3 Å². The summed E-state index contributed by atoms with van der Waals surface area (Å²) in [6.07, 6.45) is 46.5. The van der Waals surface area contributed by atoms with Crippen molar-refractivity contribution in [3.8, 4) is 0 Å². The molecule has 1 N–H and O–H groups in total. The van der Waals surface area contributed by atoms with E-state index in [0.717, 1.165) is 72.1 Å². The van der Waals surface area contributed by atoms with Crippen molar-refractivity contribution in [2.45, 2.75) is 209 Å². The molecular weight excluding hydrogens is 677 g/mol. The number of fused-ring (bicyclic) bond motifs is 2. The van der Waals surface area contributed by atoms with Crippen LogP contribution in [-0.2, 0) is 0 Å². The molecule has 6 aliphatic rings. The van der Waals surface area contributed by atoms with Crippen LogP contribution < -0.4 is 0 Å². The summed E-state index contributed by atoms with van der Waals surface area (Å²) in [5.41, 5.74) is 5.39. The van der Waals surface area contributed by atoms with Gasteiger partial charge in [-0.25, -0.2) is 0 Å². The van der Waals surface area contributed by atoms with Crippen LogP contribution in [0.1, 0.15) is 209 Å². The molecule has 1 aliphatic heterocycles. The number of nitrogens with one attached hydrogen (secondary N) is 1. The van der Waals surface area contributed by atoms with Gasteiger partial charge in [0.1, 0.15) is 0 Å². The molecule has 0 radical (unpaired) electrons. The molecule has 0 saturated heterocycles. The Balaban J connectivity index is 1.18. The highest BCUT2D eigenvalue weighted by atomic mass is 14.7. The highest BCUT2D eigenvalue weighted by Crippen LogP contribution is 2.63. The zero-order valence-corrected chi connectivity index (χ0v) is 38.1. The zero-order chi connectivity index (χ0) is 39.7. The number of hydrogen-bond donors (Lipinski definition) is 1. The Bertz CT molecular complexity index is 1360. The van der Waals surface area contributed by atoms with Gasteiger partial charge in [-0.15, -0.1) is 0 Å². The summed E-state index contributed by atoms with van der Waals surface area (Å²) in [6.45, 7) is 18.9. The van der Waals surface area contributed by atoms with Gasteiger partial charge in [0.25, 0.3) is 0 Å². The quantitative estimate of drug-likeness (QED) is 0.107. The Morgan fingerprint density at radius 1 is 0.911 bits per heavy atom. The van der Waals surface area contributed by atoms with Crippen molar-refractivity contribution in [1.82, 2.24) is 0 Å². The van der Waals surface area contributed by atoms with Gasteiger partial charge >= 0.3 is 0 Å². The number of hydrogen-bond acceptors (Lipinski definition) is 2. The predicted molar refractivity (Wildman–Crippen MR) is 245 cm³/mol. The van der Waals surface area contributed by atoms with Crippen LogP contribution >= 0.6 is 0 Å². The first-order chi connectivity index (χ1) is 27.0. The second-order valence-electron chi connectivity index (χ2n) is 22.3. The third kappa shape index (κ3) is 11.2. The Kier molecular flexibility index (Phi) is 16.3. The average molecular weight is 767 g/mol. The summed E-state index contributed by atoms with van der Waals surface area (Å²) in [7, 11) is 0. The smallest absolute Gasteiger partial charge is 0.0392 e. The Labute approximate surface area is 348 Å². The molecule has 11 unspecified atom stereocenters. The van der Waals surface area contributed by atoms with E-state index in [-0.39, 0.29) is 5.41 Å². The summed E-state index contributed by atoms with van der Waals surface area (Å²) >= 11 is 0. The normalized spacial score (nSPS) is 35.2. The summed E-state index contributed by atoms with van der Waals surface area (Å²) in [5.74, 6) is 9.55. The SMILES string of the molecule is C/C=C(/CC(C)(C)CCCC1C(C)C=C2CCC(CCC1CC(CC)CC1CC(C3CCCC3)C1C(C)(C=CCC=N)C1CCCC(C)C1)C2)C1=NCCCC1. The first-order valence-electron chi connectivity index (χ1n) is 25.1. The highest BCUT2D eigenvalue weighted by Gasteiger charge is 2.55. The van der Waals surface area contributed by atoms with Crippen LogP contribution in [0, 0.1) is 81.3 Å². The molecule has 5 aliphatic carbocycles. The van der Waals surface area contributed by atoms with E-state index < -0.39 is 0 Å². The number of nitrogens with zero attached hydrogens (tertiary/aromatic N) is 1. The second-order valence-corrected chi connectivity index (χ2v) is 22.3. The lowest BCUT2D eigenvalue weighted by molar-refractivity contribution is -0.0889. The lowest BCUT2D eigenvalue weighted by Gasteiger charge is -2.59. The van der Waals surface area contributed by atoms with Gasteiger partial charge in [0.2, 0.25) is 0 Å². The number of aliphatic imine (C=N–C) groups is 1. The van der Waals surface area contributed by atoms with Gasteiger partial charge in [-0.3, -0.25) is 4.99 Å². The van der Waals surface area contributed by atoms with Gasteiger partial charge in [0, 0.05) is 18.7 Å². The topological polar surface area (TPSA) is 36.2 Å². The van der Waals surface area contributed by atoms with Gasteiger partial charge in [-0.1, -0.05) is 123 Å². The summed E-state index contributed by atoms with van der Waals surface area (Å²) in [4.78, 5) is 4.99. The zero-order valence-electron chi connectivity index (χ0n) is 38.1. The lowest BCUT2D eigenvalue weighted by Crippen LogP contribution is -2.52. The minimum absolute atomic E-state index is 0.288. The maximum Gasteiger partial charge on any atom is 0.0392 e. The van der Waals surface area contributed by atoms with Crippen molar-refractivity contribution in [3.63, 3.8) is 0 Å². The number of rotatable bonds is 18. The lowest BCUT2D eigenvalue weighted by atomic mass is 9.45. The van der Waals surface area contributed by atoms with E-state index in [4.69, 9.17) is 10.4 Å². The molecule has 56 heavy (non-hydrogen) atoms. The van der Waals surface area contributed by atoms with Gasteiger partial charge in [0.15, 0.2) is 0 Å². The van der Waals surface area contributed by atoms with Crippen molar-refractivity contribution >= 4 is 11.9 Å². The van der Waals surface area contributed by atoms with Crippen molar-refractivity contribution in [2.24, 2.45) is 80.9 Å². The second kappa shape index (κ2) is 20.7. The molecule has 316 valence electrons. The van der Waals surface area contributed by atoms with Crippen LogP contribution in [0.4, 0.5) is 0 Å². The van der Waals surface area contributed by atoms with E-state index in [1.165, 1.54) is 160 Å². The van der Waals surface area contributed by atoms with E-state index in [2.05, 4.69) is 72.8 Å². The third-order valence-electron chi connectivity index (χ3n) is 17.7. The first-order valence-corrected chi connectivity index (χ1v) is 25.1. The fourth-order valence-corrected chi connectivity index (χ4v) is 14.6. The molecule has 4 saturated carbocycles. The average Bonchev–Trinajstić information content (AvgIpc) is 3.88. The maximum atomic E-state index is 7.87. The molecular formula is C54H90N2. The van der Waals surface area contributed by atoms with Crippen molar-refractivity contribution < 1.29 is 0 Å². The first kappa shape index (κ1) is 44.1. The van der Waals surface area contributed by atoms with Crippen LogP contribution in [0.5, 0.6) is 0 Å². The van der Waals surface area contributed by atoms with Crippen molar-refractivity contribution in [1.29, 1.82) is 5.41 Å². The van der Waals surface area contributed by atoms with Crippen LogP contribution in [0.15, 0.2) is 40.4 Å². The molecule has 6 rings (SSSR count). The number of allylic oxidation sites excluding steroid dienone is 6. The van der Waals surface area contributed by atoms with Gasteiger partial charge in [-0.2, -0.15) is 0 Å². The fourth-order valence-electron chi connectivity index (χ4n) is 14.6. The largest absolute Gasteiger partial charge is 0.313 e. The summed E-state index contributed by atoms with van der Waals surface area (Å²) < 4.78 is 0. The van der Waals surface area contributed by atoms with E-state index in [1.54, 1.807) is 11.8 Å². The molecule has 0 spiro atoms. The molecule has 0 aromatic rings. The van der Waals surface area contributed by atoms with Crippen molar-refractivity contribution in [3.05, 3.63) is 35.5 Å². The Morgan fingerprint density at radius 2 is 1.71 bits per heavy atom. The minimum atomic E-state index is 0.288. The maximum absolute atomic E-state index is 7.87. The van der Waals surface area contributed by atoms with Crippen LogP contribution in [0.2, 0.25) is 0 Å². The molecule has 0 amide bonds. The van der Waals surface area contributed by atoms with E-state index >= 15 is 0 Å². The van der Waals surface area contributed by atoms with Crippen LogP contribution in [0.25, 0.3) is 0 Å². The van der Waals surface area contributed by atoms with Gasteiger partial charge in [-0.05, 0) is 197 Å². The monoisotopic (exact) mass is 767 g/mol. The van der Waals surface area contributed by atoms with Gasteiger partial charge < -0.3 is 5.41 Å². The molecule has 11 atom stereocenters. The van der Waals surface area contributed by atoms with E-state index in [9.17, 15) is 0 Å². The van der Waals surface area contributed by atoms with Crippen molar-refractivity contribution in [2.75, 3.05) is 6.54 Å². The summed E-state index contributed by atoms with van der Waals surface area (Å²) in [6, 6.07) is 0. The molecule has 4 fully saturated rings. The third-order valence-corrected chi connectivity index (χ3v) is 17.7. The minimum Gasteiger partial charge on any atom is -0.313 e. The van der Waals surface area contributed by atoms with Crippen LogP contribution in [0.3, 0.4) is 0 Å². The van der Waals surface area contributed by atoms with Crippen LogP contribution in [-0.4, -0.2) is 18.5 Å².